The van der Waals surface area contributed by atoms with Crippen molar-refractivity contribution in [2.24, 2.45) is 0 Å². The Hall–Kier alpha value is -2.29. The quantitative estimate of drug-likeness (QED) is 0.640. The number of benzene rings is 1. The number of amides is 1. The molecule has 0 radical (unpaired) electrons. The summed E-state index contributed by atoms with van der Waals surface area (Å²) >= 11 is 0. The van der Waals surface area contributed by atoms with Crippen molar-refractivity contribution in [1.82, 2.24) is 15.0 Å². The standard InChI is InChI=1S/C17H21N3O4S/c1-13(11-14-3-2-8-18-12-14)20-17(22)15-4-6-16(7-5-15)25(23,24)19-9-10-21/h2-8,12-13,19,21H,9-11H2,1H3,(H,20,22). The average Bonchev–Trinajstić information content (AvgIpc) is 2.61. The summed E-state index contributed by atoms with van der Waals surface area (Å²) in [6.45, 7) is 1.55. The third-order valence-corrected chi connectivity index (χ3v) is 4.95. The number of rotatable bonds is 8. The molecule has 0 aliphatic carbocycles. The van der Waals surface area contributed by atoms with Gasteiger partial charge in [0.05, 0.1) is 11.5 Å². The van der Waals surface area contributed by atoms with Gasteiger partial charge in [0.1, 0.15) is 0 Å². The van der Waals surface area contributed by atoms with Crippen LogP contribution >= 0.6 is 0 Å². The molecule has 3 N–H and O–H groups in total. The summed E-state index contributed by atoms with van der Waals surface area (Å²) in [6.07, 6.45) is 4.09. The van der Waals surface area contributed by atoms with Crippen LogP contribution in [-0.2, 0) is 16.4 Å². The van der Waals surface area contributed by atoms with Crippen LogP contribution in [0.15, 0.2) is 53.7 Å². The minimum Gasteiger partial charge on any atom is -0.395 e. The lowest BCUT2D eigenvalue weighted by Crippen LogP contribution is -2.34. The van der Waals surface area contributed by atoms with Crippen molar-refractivity contribution >= 4 is 15.9 Å². The van der Waals surface area contributed by atoms with Gasteiger partial charge in [-0.2, -0.15) is 0 Å². The van der Waals surface area contributed by atoms with E-state index in [2.05, 4.69) is 15.0 Å². The Labute approximate surface area is 147 Å². The molecule has 2 rings (SSSR count). The van der Waals surface area contributed by atoms with E-state index in [1.165, 1.54) is 24.3 Å². The van der Waals surface area contributed by atoms with Gasteiger partial charge in [0.2, 0.25) is 10.0 Å². The van der Waals surface area contributed by atoms with E-state index in [9.17, 15) is 13.2 Å². The number of hydrogen-bond donors (Lipinski definition) is 3. The lowest BCUT2D eigenvalue weighted by molar-refractivity contribution is 0.0940. The SMILES string of the molecule is CC(Cc1cccnc1)NC(=O)c1ccc(S(=O)(=O)NCCO)cc1. The van der Waals surface area contributed by atoms with E-state index in [-0.39, 0.29) is 30.0 Å². The molecule has 25 heavy (non-hydrogen) atoms. The number of nitrogens with one attached hydrogen (secondary N) is 2. The van der Waals surface area contributed by atoms with Gasteiger partial charge >= 0.3 is 0 Å². The van der Waals surface area contributed by atoms with Crippen LogP contribution in [0, 0.1) is 0 Å². The largest absolute Gasteiger partial charge is 0.395 e. The summed E-state index contributed by atoms with van der Waals surface area (Å²) < 4.78 is 26.1. The maximum atomic E-state index is 12.3. The molecule has 0 bridgehead atoms. The number of carbonyl (C=O) groups excluding carboxylic acids is 1. The predicted octanol–water partition coefficient (Wildman–Crippen LogP) is 0.713. The minimum atomic E-state index is -3.68. The van der Waals surface area contributed by atoms with Gasteiger partial charge in [-0.1, -0.05) is 6.07 Å². The third-order valence-electron chi connectivity index (χ3n) is 3.47. The smallest absolute Gasteiger partial charge is 0.251 e. The molecule has 0 saturated heterocycles. The number of hydrogen-bond acceptors (Lipinski definition) is 5. The van der Waals surface area contributed by atoms with Crippen LogP contribution in [0.3, 0.4) is 0 Å². The summed E-state index contributed by atoms with van der Waals surface area (Å²) in [5.41, 5.74) is 1.39. The fraction of sp³-hybridized carbons (Fsp3) is 0.294. The molecule has 0 aliphatic heterocycles. The monoisotopic (exact) mass is 363 g/mol. The van der Waals surface area contributed by atoms with Crippen molar-refractivity contribution in [3.05, 3.63) is 59.9 Å². The highest BCUT2D eigenvalue weighted by Gasteiger charge is 2.15. The number of aliphatic hydroxyl groups excluding tert-OH is 1. The Morgan fingerprint density at radius 2 is 1.96 bits per heavy atom. The van der Waals surface area contributed by atoms with Crippen LogP contribution in [0.5, 0.6) is 0 Å². The second kappa shape index (κ2) is 8.70. The molecule has 0 fully saturated rings. The van der Waals surface area contributed by atoms with Crippen molar-refractivity contribution in [3.63, 3.8) is 0 Å². The Kier molecular flexibility index (Phi) is 6.63. The van der Waals surface area contributed by atoms with Crippen molar-refractivity contribution in [3.8, 4) is 0 Å². The van der Waals surface area contributed by atoms with Gasteiger partial charge in [-0.05, 0) is 49.2 Å². The molecule has 1 heterocycles. The molecule has 1 atom stereocenters. The summed E-state index contributed by atoms with van der Waals surface area (Å²) in [5, 5.41) is 11.6. The number of nitrogens with zero attached hydrogens (tertiary/aromatic N) is 1. The first-order valence-electron chi connectivity index (χ1n) is 7.83. The topological polar surface area (TPSA) is 108 Å². The van der Waals surface area contributed by atoms with Crippen molar-refractivity contribution in [1.29, 1.82) is 0 Å². The van der Waals surface area contributed by atoms with E-state index in [1.807, 2.05) is 19.1 Å². The number of sulfonamides is 1. The molecule has 7 nitrogen and oxygen atoms in total. The van der Waals surface area contributed by atoms with Gasteiger partial charge in [-0.15, -0.1) is 0 Å². The summed E-state index contributed by atoms with van der Waals surface area (Å²) in [7, 11) is -3.68. The van der Waals surface area contributed by atoms with E-state index in [1.54, 1.807) is 12.4 Å². The Bertz CT molecular complexity index is 792. The first-order valence-corrected chi connectivity index (χ1v) is 9.31. The van der Waals surface area contributed by atoms with Gasteiger partial charge in [0, 0.05) is 30.5 Å². The highest BCUT2D eigenvalue weighted by Crippen LogP contribution is 2.11. The van der Waals surface area contributed by atoms with Crippen LogP contribution in [0.2, 0.25) is 0 Å². The van der Waals surface area contributed by atoms with Crippen LogP contribution < -0.4 is 10.0 Å². The lowest BCUT2D eigenvalue weighted by Gasteiger charge is -2.14. The predicted molar refractivity (Wildman–Crippen MR) is 93.6 cm³/mol. The molecule has 0 spiro atoms. The average molecular weight is 363 g/mol. The molecule has 1 aromatic carbocycles. The number of aromatic nitrogens is 1. The molecule has 0 aliphatic rings. The second-order valence-corrected chi connectivity index (χ2v) is 7.35. The van der Waals surface area contributed by atoms with Crippen LogP contribution in [0.4, 0.5) is 0 Å². The van der Waals surface area contributed by atoms with Gasteiger partial charge in [-0.25, -0.2) is 13.1 Å². The maximum absolute atomic E-state index is 12.3. The third kappa shape index (κ3) is 5.63. The fourth-order valence-corrected chi connectivity index (χ4v) is 3.30. The molecule has 134 valence electrons. The number of carbonyl (C=O) groups is 1. The first-order chi connectivity index (χ1) is 11.9. The molecular formula is C17H21N3O4S. The Balaban J connectivity index is 1.98. The van der Waals surface area contributed by atoms with Gasteiger partial charge in [0.25, 0.3) is 5.91 Å². The van der Waals surface area contributed by atoms with Crippen LogP contribution in [0.25, 0.3) is 0 Å². The van der Waals surface area contributed by atoms with Crippen molar-refractivity contribution < 1.29 is 18.3 Å². The van der Waals surface area contributed by atoms with Crippen LogP contribution in [0.1, 0.15) is 22.8 Å². The highest BCUT2D eigenvalue weighted by atomic mass is 32.2. The Morgan fingerprint density at radius 3 is 2.56 bits per heavy atom. The normalized spacial score (nSPS) is 12.6. The molecule has 1 aromatic heterocycles. The maximum Gasteiger partial charge on any atom is 0.251 e. The van der Waals surface area contributed by atoms with E-state index in [0.29, 0.717) is 12.0 Å². The van der Waals surface area contributed by atoms with Crippen molar-refractivity contribution in [2.45, 2.75) is 24.3 Å². The van der Waals surface area contributed by atoms with Crippen LogP contribution in [-0.4, -0.2) is 43.6 Å². The van der Waals surface area contributed by atoms with Gasteiger partial charge in [-0.3, -0.25) is 9.78 Å². The minimum absolute atomic E-state index is 0.0425. The highest BCUT2D eigenvalue weighted by molar-refractivity contribution is 7.89. The zero-order valence-corrected chi connectivity index (χ0v) is 14.7. The first kappa shape index (κ1) is 19.0. The number of pyridine rings is 1. The zero-order chi connectivity index (χ0) is 18.3. The zero-order valence-electron chi connectivity index (χ0n) is 13.8. The molecule has 1 unspecified atom stereocenters. The summed E-state index contributed by atoms with van der Waals surface area (Å²) in [4.78, 5) is 16.3. The van der Waals surface area contributed by atoms with E-state index in [0.717, 1.165) is 5.56 Å². The fourth-order valence-electron chi connectivity index (χ4n) is 2.28. The number of aliphatic hydroxyl groups is 1. The summed E-state index contributed by atoms with van der Waals surface area (Å²) in [5.74, 6) is -0.274. The molecule has 0 saturated carbocycles. The van der Waals surface area contributed by atoms with Gasteiger partial charge in [0.15, 0.2) is 0 Å². The van der Waals surface area contributed by atoms with E-state index < -0.39 is 10.0 Å². The van der Waals surface area contributed by atoms with E-state index >= 15 is 0 Å². The molecule has 8 heteroatoms. The van der Waals surface area contributed by atoms with Crippen molar-refractivity contribution in [2.75, 3.05) is 13.2 Å². The molecule has 1 amide bonds. The molecular weight excluding hydrogens is 342 g/mol. The van der Waals surface area contributed by atoms with Gasteiger partial charge < -0.3 is 10.4 Å². The summed E-state index contributed by atoms with van der Waals surface area (Å²) in [6, 6.07) is 9.33. The lowest BCUT2D eigenvalue weighted by atomic mass is 10.1. The molecule has 2 aromatic rings. The Morgan fingerprint density at radius 1 is 1.24 bits per heavy atom. The second-order valence-electron chi connectivity index (χ2n) is 5.59. The van der Waals surface area contributed by atoms with E-state index in [4.69, 9.17) is 5.11 Å².